The molecule has 1 heterocycles. The largest absolute Gasteiger partial charge is 0.384 e. The predicted octanol–water partition coefficient (Wildman–Crippen LogP) is 1.92. The maximum absolute atomic E-state index is 4.31. The van der Waals surface area contributed by atoms with E-state index in [0.717, 1.165) is 19.5 Å². The first-order valence-corrected chi connectivity index (χ1v) is 4.29. The van der Waals surface area contributed by atoms with Gasteiger partial charge < -0.3 is 5.32 Å². The number of aliphatic imine (C=N–C) groups is 1. The lowest BCUT2D eigenvalue weighted by atomic mass is 10.2. The van der Waals surface area contributed by atoms with Crippen molar-refractivity contribution in [2.45, 2.75) is 6.42 Å². The zero-order chi connectivity index (χ0) is 8.23. The molecule has 0 saturated heterocycles. The van der Waals surface area contributed by atoms with E-state index in [1.165, 1.54) is 11.3 Å². The number of fused-ring (bicyclic) bond motifs is 1. The van der Waals surface area contributed by atoms with E-state index in [0.29, 0.717) is 0 Å². The van der Waals surface area contributed by atoms with Gasteiger partial charge in [-0.1, -0.05) is 18.2 Å². The van der Waals surface area contributed by atoms with Gasteiger partial charge in [-0.3, -0.25) is 4.99 Å². The van der Waals surface area contributed by atoms with Gasteiger partial charge in [-0.2, -0.15) is 0 Å². The fraction of sp³-hybridized carbons (Fsp3) is 0.300. The van der Waals surface area contributed by atoms with Crippen LogP contribution in [0.1, 0.15) is 12.0 Å². The van der Waals surface area contributed by atoms with Gasteiger partial charge in [0, 0.05) is 30.6 Å². The molecule has 1 N–H and O–H groups in total. The van der Waals surface area contributed by atoms with Crippen molar-refractivity contribution in [2.24, 2.45) is 4.99 Å². The third-order valence-corrected chi connectivity index (χ3v) is 1.97. The van der Waals surface area contributed by atoms with Crippen LogP contribution in [0.25, 0.3) is 0 Å². The van der Waals surface area contributed by atoms with Crippen molar-refractivity contribution in [1.82, 2.24) is 0 Å². The summed E-state index contributed by atoms with van der Waals surface area (Å²) < 4.78 is 0. The number of benzene rings is 1. The monoisotopic (exact) mass is 160 g/mol. The molecule has 0 fully saturated rings. The van der Waals surface area contributed by atoms with Crippen molar-refractivity contribution in [1.29, 1.82) is 0 Å². The molecule has 2 heteroatoms. The molecule has 12 heavy (non-hydrogen) atoms. The third-order valence-electron chi connectivity index (χ3n) is 1.97. The fourth-order valence-corrected chi connectivity index (χ4v) is 1.33. The Hall–Kier alpha value is -1.31. The average Bonchev–Trinajstić information content (AvgIpc) is 2.06. The van der Waals surface area contributed by atoms with Crippen LogP contribution in [0, 0.1) is 0 Å². The number of para-hydroxylation sites is 1. The van der Waals surface area contributed by atoms with Crippen molar-refractivity contribution >= 4 is 11.9 Å². The number of nitrogens with one attached hydrogen (secondary N) is 1. The summed E-state index contributed by atoms with van der Waals surface area (Å²) >= 11 is 0. The van der Waals surface area contributed by atoms with Crippen molar-refractivity contribution in [3.63, 3.8) is 0 Å². The molecular weight excluding hydrogens is 148 g/mol. The first-order valence-electron chi connectivity index (χ1n) is 4.29. The number of nitrogens with zero attached hydrogens (tertiary/aromatic N) is 1. The summed E-state index contributed by atoms with van der Waals surface area (Å²) in [6.07, 6.45) is 3.06. The van der Waals surface area contributed by atoms with Crippen molar-refractivity contribution in [2.75, 3.05) is 18.4 Å². The summed E-state index contributed by atoms with van der Waals surface area (Å²) in [6, 6.07) is 8.25. The van der Waals surface area contributed by atoms with Gasteiger partial charge in [0.15, 0.2) is 0 Å². The lowest BCUT2D eigenvalue weighted by Crippen LogP contribution is -2.07. The van der Waals surface area contributed by atoms with Gasteiger partial charge in [0.25, 0.3) is 0 Å². The molecule has 0 atom stereocenters. The lowest BCUT2D eigenvalue weighted by Gasteiger charge is -2.10. The number of anilines is 1. The van der Waals surface area contributed by atoms with Gasteiger partial charge >= 0.3 is 0 Å². The summed E-state index contributed by atoms with van der Waals surface area (Å²) in [6.45, 7) is 1.95. The highest BCUT2D eigenvalue weighted by atomic mass is 14.9. The summed E-state index contributed by atoms with van der Waals surface area (Å²) in [7, 11) is 0. The van der Waals surface area contributed by atoms with Crippen LogP contribution < -0.4 is 5.32 Å². The summed E-state index contributed by atoms with van der Waals surface area (Å²) in [5.41, 5.74) is 2.39. The Labute approximate surface area is 72.3 Å². The van der Waals surface area contributed by atoms with Crippen LogP contribution in [-0.4, -0.2) is 19.3 Å². The van der Waals surface area contributed by atoms with Gasteiger partial charge in [-0.05, 0) is 12.5 Å². The molecule has 0 spiro atoms. The van der Waals surface area contributed by atoms with Crippen molar-refractivity contribution < 1.29 is 0 Å². The first-order chi connectivity index (χ1) is 5.97. The topological polar surface area (TPSA) is 24.4 Å². The predicted molar refractivity (Wildman–Crippen MR) is 52.0 cm³/mol. The molecule has 1 aliphatic heterocycles. The summed E-state index contributed by atoms with van der Waals surface area (Å²) in [5, 5.41) is 3.37. The SMILES string of the molecule is C1=NCCCNc2ccccc21. The highest BCUT2D eigenvalue weighted by Crippen LogP contribution is 2.13. The van der Waals surface area contributed by atoms with E-state index >= 15 is 0 Å². The van der Waals surface area contributed by atoms with Crippen LogP contribution in [0.5, 0.6) is 0 Å². The van der Waals surface area contributed by atoms with Crippen LogP contribution >= 0.6 is 0 Å². The molecule has 62 valence electrons. The summed E-state index contributed by atoms with van der Waals surface area (Å²) in [5.74, 6) is 0. The van der Waals surface area contributed by atoms with Crippen LogP contribution in [-0.2, 0) is 0 Å². The Bertz CT molecular complexity index is 292. The van der Waals surface area contributed by atoms with E-state index in [4.69, 9.17) is 0 Å². The molecule has 1 aromatic rings. The molecule has 0 aliphatic carbocycles. The smallest absolute Gasteiger partial charge is 0.0429 e. The Kier molecular flexibility index (Phi) is 2.08. The zero-order valence-corrected chi connectivity index (χ0v) is 6.96. The van der Waals surface area contributed by atoms with E-state index in [9.17, 15) is 0 Å². The molecule has 2 rings (SSSR count). The first kappa shape index (κ1) is 7.35. The Morgan fingerprint density at radius 2 is 2.17 bits per heavy atom. The maximum atomic E-state index is 4.31. The van der Waals surface area contributed by atoms with E-state index in [2.05, 4.69) is 22.4 Å². The van der Waals surface area contributed by atoms with Crippen LogP contribution in [0.15, 0.2) is 29.3 Å². The molecule has 1 aliphatic rings. The minimum absolute atomic E-state index is 0.932. The van der Waals surface area contributed by atoms with E-state index < -0.39 is 0 Å². The molecule has 2 nitrogen and oxygen atoms in total. The lowest BCUT2D eigenvalue weighted by molar-refractivity contribution is 0.873. The van der Waals surface area contributed by atoms with Crippen LogP contribution in [0.2, 0.25) is 0 Å². The van der Waals surface area contributed by atoms with E-state index in [1.54, 1.807) is 0 Å². The molecule has 0 saturated carbocycles. The molecule has 0 bridgehead atoms. The van der Waals surface area contributed by atoms with Gasteiger partial charge in [0.2, 0.25) is 0 Å². The second kappa shape index (κ2) is 3.39. The molecule has 0 amide bonds. The number of rotatable bonds is 0. The van der Waals surface area contributed by atoms with E-state index in [-0.39, 0.29) is 0 Å². The highest BCUT2D eigenvalue weighted by molar-refractivity contribution is 5.87. The molecular formula is C10H12N2. The molecule has 0 radical (unpaired) electrons. The Balaban J connectivity index is 2.36. The van der Waals surface area contributed by atoms with Crippen LogP contribution in [0.4, 0.5) is 5.69 Å². The van der Waals surface area contributed by atoms with Crippen LogP contribution in [0.3, 0.4) is 0 Å². The standard InChI is InChI=1S/C10H12N2/c1-2-5-10-9(4-1)8-11-6-3-7-12-10/h1-2,4-5,8,12H,3,6-7H2. The Morgan fingerprint density at radius 1 is 1.25 bits per heavy atom. The highest BCUT2D eigenvalue weighted by Gasteiger charge is 1.99. The fourth-order valence-electron chi connectivity index (χ4n) is 1.33. The van der Waals surface area contributed by atoms with Gasteiger partial charge in [-0.15, -0.1) is 0 Å². The second-order valence-corrected chi connectivity index (χ2v) is 2.90. The molecule has 0 unspecified atom stereocenters. The number of hydrogen-bond donors (Lipinski definition) is 1. The van der Waals surface area contributed by atoms with E-state index in [1.807, 2.05) is 18.3 Å². The van der Waals surface area contributed by atoms with Gasteiger partial charge in [0.1, 0.15) is 0 Å². The number of hydrogen-bond acceptors (Lipinski definition) is 2. The minimum atomic E-state index is 0.932. The molecule has 0 aromatic heterocycles. The van der Waals surface area contributed by atoms with Gasteiger partial charge in [0.05, 0.1) is 0 Å². The zero-order valence-electron chi connectivity index (χ0n) is 6.96. The third kappa shape index (κ3) is 1.47. The van der Waals surface area contributed by atoms with Crippen molar-refractivity contribution in [3.8, 4) is 0 Å². The maximum Gasteiger partial charge on any atom is 0.0429 e. The minimum Gasteiger partial charge on any atom is -0.384 e. The average molecular weight is 160 g/mol. The summed E-state index contributed by atoms with van der Waals surface area (Å²) in [4.78, 5) is 4.31. The normalized spacial score (nSPS) is 15.7. The molecule has 1 aromatic carbocycles. The quantitative estimate of drug-likeness (QED) is 0.616. The van der Waals surface area contributed by atoms with Gasteiger partial charge in [-0.25, -0.2) is 0 Å². The second-order valence-electron chi connectivity index (χ2n) is 2.90. The Morgan fingerprint density at radius 3 is 3.17 bits per heavy atom. The van der Waals surface area contributed by atoms with Crippen molar-refractivity contribution in [3.05, 3.63) is 29.8 Å².